The van der Waals surface area contributed by atoms with Gasteiger partial charge in [-0.3, -0.25) is 9.69 Å². The molecule has 1 aliphatic rings. The number of amides is 1. The average molecular weight is 331 g/mol. The molecule has 2 N–H and O–H groups in total. The van der Waals surface area contributed by atoms with Crippen molar-refractivity contribution in [3.63, 3.8) is 0 Å². The van der Waals surface area contributed by atoms with E-state index in [2.05, 4.69) is 40.3 Å². The van der Waals surface area contributed by atoms with Crippen molar-refractivity contribution in [1.29, 1.82) is 0 Å². The van der Waals surface area contributed by atoms with Gasteiger partial charge in [-0.15, -0.1) is 11.8 Å². The van der Waals surface area contributed by atoms with Gasteiger partial charge in [0.05, 0.1) is 6.54 Å². The molecule has 0 spiro atoms. The first-order valence-corrected chi connectivity index (χ1v) is 9.42. The van der Waals surface area contributed by atoms with Crippen LogP contribution in [0.2, 0.25) is 0 Å². The summed E-state index contributed by atoms with van der Waals surface area (Å²) in [6.07, 6.45) is 3.75. The molecule has 3 rings (SSSR count). The molecule has 5 heteroatoms. The number of carbonyl (C=O) groups is 1. The van der Waals surface area contributed by atoms with E-state index in [9.17, 15) is 4.79 Å². The Morgan fingerprint density at radius 2 is 2.04 bits per heavy atom. The molecule has 0 bridgehead atoms. The molecule has 124 valence electrons. The van der Waals surface area contributed by atoms with Gasteiger partial charge < -0.3 is 10.3 Å². The van der Waals surface area contributed by atoms with E-state index in [4.69, 9.17) is 0 Å². The number of rotatable bonds is 6. The van der Waals surface area contributed by atoms with Crippen LogP contribution in [0.15, 0.2) is 29.2 Å². The minimum atomic E-state index is 0.156. The Morgan fingerprint density at radius 1 is 1.26 bits per heavy atom. The fourth-order valence-corrected chi connectivity index (χ4v) is 4.17. The molecule has 0 saturated carbocycles. The molecule has 1 aromatic carbocycles. The maximum atomic E-state index is 12.0. The van der Waals surface area contributed by atoms with E-state index in [1.54, 1.807) is 0 Å². The highest BCUT2D eigenvalue weighted by molar-refractivity contribution is 7.99. The zero-order valence-corrected chi connectivity index (χ0v) is 14.5. The number of para-hydroxylation sites is 1. The van der Waals surface area contributed by atoms with Gasteiger partial charge in [-0.2, -0.15) is 0 Å². The van der Waals surface area contributed by atoms with Gasteiger partial charge >= 0.3 is 0 Å². The van der Waals surface area contributed by atoms with E-state index >= 15 is 0 Å². The number of aromatic nitrogens is 1. The number of likely N-dealkylation sites (tertiary alicyclic amines) is 1. The second-order valence-electron chi connectivity index (χ2n) is 6.16. The number of benzene rings is 1. The lowest BCUT2D eigenvalue weighted by molar-refractivity contribution is -0.122. The van der Waals surface area contributed by atoms with Crippen molar-refractivity contribution in [2.24, 2.45) is 0 Å². The minimum absolute atomic E-state index is 0.156. The molecule has 4 nitrogen and oxygen atoms in total. The Morgan fingerprint density at radius 3 is 2.87 bits per heavy atom. The highest BCUT2D eigenvalue weighted by atomic mass is 32.2. The molecular weight excluding hydrogens is 306 g/mol. The number of hydrogen-bond donors (Lipinski definition) is 2. The van der Waals surface area contributed by atoms with E-state index in [0.29, 0.717) is 6.54 Å². The van der Waals surface area contributed by atoms with Crippen molar-refractivity contribution in [3.8, 4) is 0 Å². The van der Waals surface area contributed by atoms with Crippen LogP contribution in [0.1, 0.15) is 25.0 Å². The predicted octanol–water partition coefficient (Wildman–Crippen LogP) is 3.17. The zero-order valence-electron chi connectivity index (χ0n) is 13.7. The van der Waals surface area contributed by atoms with E-state index in [1.165, 1.54) is 40.8 Å². The first-order valence-electron chi connectivity index (χ1n) is 8.43. The SMILES string of the molecule is Cc1[nH]c2ccccc2c1SCCNC(=O)CN1CCCCC1. The summed E-state index contributed by atoms with van der Waals surface area (Å²) in [6, 6.07) is 8.37. The molecule has 1 saturated heterocycles. The number of H-pyrrole nitrogens is 1. The van der Waals surface area contributed by atoms with Crippen LogP contribution >= 0.6 is 11.8 Å². The van der Waals surface area contributed by atoms with Gasteiger partial charge in [0.2, 0.25) is 5.91 Å². The monoisotopic (exact) mass is 331 g/mol. The smallest absolute Gasteiger partial charge is 0.234 e. The van der Waals surface area contributed by atoms with Crippen molar-refractivity contribution < 1.29 is 4.79 Å². The van der Waals surface area contributed by atoms with Crippen LogP contribution in [-0.4, -0.2) is 47.7 Å². The highest BCUT2D eigenvalue weighted by Gasteiger charge is 2.13. The van der Waals surface area contributed by atoms with E-state index in [1.807, 2.05) is 17.8 Å². The maximum absolute atomic E-state index is 12.0. The van der Waals surface area contributed by atoms with Crippen molar-refractivity contribution in [2.75, 3.05) is 31.9 Å². The Kier molecular flexibility index (Phi) is 5.62. The third-order valence-corrected chi connectivity index (χ3v) is 5.54. The molecule has 23 heavy (non-hydrogen) atoms. The van der Waals surface area contributed by atoms with Crippen LogP contribution in [0.25, 0.3) is 10.9 Å². The first-order chi connectivity index (χ1) is 11.2. The summed E-state index contributed by atoms with van der Waals surface area (Å²) in [5.41, 5.74) is 2.39. The topological polar surface area (TPSA) is 48.1 Å². The van der Waals surface area contributed by atoms with Crippen LogP contribution in [0, 0.1) is 6.92 Å². The molecule has 2 heterocycles. The number of nitrogens with one attached hydrogen (secondary N) is 2. The summed E-state index contributed by atoms with van der Waals surface area (Å²) in [5, 5.41) is 4.32. The Hall–Kier alpha value is -1.46. The van der Waals surface area contributed by atoms with Crippen molar-refractivity contribution in [2.45, 2.75) is 31.1 Å². The fourth-order valence-electron chi connectivity index (χ4n) is 3.16. The van der Waals surface area contributed by atoms with Gasteiger partial charge in [0, 0.05) is 33.8 Å². The van der Waals surface area contributed by atoms with Crippen LogP contribution in [0.5, 0.6) is 0 Å². The van der Waals surface area contributed by atoms with Crippen LogP contribution in [-0.2, 0) is 4.79 Å². The lowest BCUT2D eigenvalue weighted by atomic mass is 10.1. The Labute approximate surface area is 142 Å². The summed E-state index contributed by atoms with van der Waals surface area (Å²) in [4.78, 5) is 19.0. The standard InChI is InChI=1S/C18H25N3OS/c1-14-18(15-7-3-4-8-16(15)20-14)23-12-9-19-17(22)13-21-10-5-2-6-11-21/h3-4,7-8,20H,2,5-6,9-13H2,1H3,(H,19,22). The van der Waals surface area contributed by atoms with Crippen LogP contribution < -0.4 is 5.32 Å². The molecule has 0 radical (unpaired) electrons. The van der Waals surface area contributed by atoms with E-state index < -0.39 is 0 Å². The molecule has 1 fully saturated rings. The van der Waals surface area contributed by atoms with Gasteiger partial charge in [-0.1, -0.05) is 24.6 Å². The number of nitrogens with zero attached hydrogens (tertiary/aromatic N) is 1. The lowest BCUT2D eigenvalue weighted by Gasteiger charge is -2.25. The number of piperidine rings is 1. The molecule has 0 unspecified atom stereocenters. The number of aryl methyl sites for hydroxylation is 1. The van der Waals surface area contributed by atoms with Crippen LogP contribution in [0.4, 0.5) is 0 Å². The average Bonchev–Trinajstić information content (AvgIpc) is 2.88. The van der Waals surface area contributed by atoms with Crippen molar-refractivity contribution >= 4 is 28.6 Å². The molecule has 1 aliphatic heterocycles. The molecule has 2 aromatic rings. The second-order valence-corrected chi connectivity index (χ2v) is 7.27. The molecular formula is C18H25N3OS. The Bertz CT molecular complexity index is 661. The number of aromatic amines is 1. The number of thioether (sulfide) groups is 1. The largest absolute Gasteiger partial charge is 0.358 e. The number of carbonyl (C=O) groups excluding carboxylic acids is 1. The van der Waals surface area contributed by atoms with E-state index in [0.717, 1.165) is 25.4 Å². The molecule has 0 atom stereocenters. The second kappa shape index (κ2) is 7.88. The van der Waals surface area contributed by atoms with Gasteiger partial charge in [-0.05, 0) is 38.9 Å². The zero-order chi connectivity index (χ0) is 16.1. The van der Waals surface area contributed by atoms with Crippen LogP contribution in [0.3, 0.4) is 0 Å². The minimum Gasteiger partial charge on any atom is -0.358 e. The molecule has 1 aromatic heterocycles. The quantitative estimate of drug-likeness (QED) is 0.631. The maximum Gasteiger partial charge on any atom is 0.234 e. The summed E-state index contributed by atoms with van der Waals surface area (Å²) < 4.78 is 0. The number of fused-ring (bicyclic) bond motifs is 1. The molecule has 1 amide bonds. The lowest BCUT2D eigenvalue weighted by Crippen LogP contribution is -2.40. The first kappa shape index (κ1) is 16.4. The van der Waals surface area contributed by atoms with Gasteiger partial charge in [0.15, 0.2) is 0 Å². The normalized spacial score (nSPS) is 15.9. The fraction of sp³-hybridized carbons (Fsp3) is 0.500. The Balaban J connectivity index is 1.44. The summed E-state index contributed by atoms with van der Waals surface area (Å²) in [6.45, 7) is 5.51. The van der Waals surface area contributed by atoms with Gasteiger partial charge in [0.25, 0.3) is 0 Å². The van der Waals surface area contributed by atoms with Crippen molar-refractivity contribution in [1.82, 2.24) is 15.2 Å². The summed E-state index contributed by atoms with van der Waals surface area (Å²) in [7, 11) is 0. The summed E-state index contributed by atoms with van der Waals surface area (Å²) >= 11 is 1.81. The van der Waals surface area contributed by atoms with E-state index in [-0.39, 0.29) is 5.91 Å². The predicted molar refractivity (Wildman–Crippen MR) is 97.1 cm³/mol. The highest BCUT2D eigenvalue weighted by Crippen LogP contribution is 2.30. The third kappa shape index (κ3) is 4.30. The van der Waals surface area contributed by atoms with Gasteiger partial charge in [0.1, 0.15) is 0 Å². The third-order valence-electron chi connectivity index (χ3n) is 4.32. The number of hydrogen-bond acceptors (Lipinski definition) is 3. The van der Waals surface area contributed by atoms with Crippen molar-refractivity contribution in [3.05, 3.63) is 30.0 Å². The van der Waals surface area contributed by atoms with Gasteiger partial charge in [-0.25, -0.2) is 0 Å². The molecule has 0 aliphatic carbocycles. The summed E-state index contributed by atoms with van der Waals surface area (Å²) in [5.74, 6) is 1.05.